The molecule has 8 nitrogen and oxygen atoms in total. The van der Waals surface area contributed by atoms with E-state index in [1.807, 2.05) is 0 Å². The zero-order valence-corrected chi connectivity index (χ0v) is 17.3. The quantitative estimate of drug-likeness (QED) is 0.469. The van der Waals surface area contributed by atoms with E-state index in [4.69, 9.17) is 14.9 Å². The molecule has 1 atom stereocenters. The summed E-state index contributed by atoms with van der Waals surface area (Å²) in [6.45, 7) is 0.996. The Morgan fingerprint density at radius 3 is 2.62 bits per heavy atom. The van der Waals surface area contributed by atoms with Crippen molar-refractivity contribution in [1.82, 2.24) is 4.98 Å². The fourth-order valence-electron chi connectivity index (χ4n) is 3.05. The minimum Gasteiger partial charge on any atom is -0.460 e. The van der Waals surface area contributed by atoms with Crippen molar-refractivity contribution in [2.45, 2.75) is 12.1 Å². The summed E-state index contributed by atoms with van der Waals surface area (Å²) < 4.78 is 11.0. The first-order valence-corrected chi connectivity index (χ1v) is 9.27. The minimum atomic E-state index is -1.70. The van der Waals surface area contributed by atoms with Crippen LogP contribution in [0.2, 0.25) is 0 Å². The molecule has 0 spiro atoms. The Hall–Kier alpha value is -3.01. The Labute approximate surface area is 170 Å². The Bertz CT molecular complexity index is 1080. The zero-order valence-electron chi connectivity index (χ0n) is 16.3. The number of rotatable bonds is 6. The Balaban J connectivity index is 2.09. The molecule has 0 fully saturated rings. The molecule has 0 saturated carbocycles. The third-order valence-electron chi connectivity index (χ3n) is 5.02. The van der Waals surface area contributed by atoms with Crippen LogP contribution < -0.4 is 10.5 Å². The predicted octanol–water partition coefficient (Wildman–Crippen LogP) is 1.49. The van der Waals surface area contributed by atoms with Crippen LogP contribution in [0.5, 0.6) is 11.5 Å². The highest BCUT2D eigenvalue weighted by atomic mass is 28.1. The molecule has 2 heterocycles. The first-order valence-electron chi connectivity index (χ1n) is 8.77. The number of benzene rings is 1. The van der Waals surface area contributed by atoms with Crippen LogP contribution in [0.1, 0.15) is 16.1 Å². The summed E-state index contributed by atoms with van der Waals surface area (Å²) in [6.07, 6.45) is 3.21. The lowest BCUT2D eigenvalue weighted by atomic mass is 10.1. The summed E-state index contributed by atoms with van der Waals surface area (Å²) in [5.41, 5.74) is 6.22. The lowest BCUT2D eigenvalue weighted by Gasteiger charge is -2.40. The van der Waals surface area contributed by atoms with Crippen molar-refractivity contribution in [1.29, 1.82) is 0 Å². The van der Waals surface area contributed by atoms with Crippen LogP contribution in [0.4, 0.5) is 0 Å². The molecule has 29 heavy (non-hydrogen) atoms. The molecule has 3 aromatic rings. The zero-order chi connectivity index (χ0) is 21.4. The van der Waals surface area contributed by atoms with Crippen LogP contribution in [-0.4, -0.2) is 62.5 Å². The molecular weight excluding hydrogens is 390 g/mol. The standard InChI is InChI=1S/C20H20N3O5Si/c1-12-17(18(25)23(2,3)20(29,11-24)19(21)26)15-9-13(6-7-16(15)27-12)28-14-5-4-8-22-10-14/h4-10,24H,11H2,1-3H3,(H-,21,26)/p+1. The molecule has 3 rings (SSSR count). The average Bonchev–Trinajstić information content (AvgIpc) is 3.02. The molecule has 1 aromatic carbocycles. The number of aromatic nitrogens is 1. The number of carbonyl (C=O) groups excluding carboxylic acids is 2. The van der Waals surface area contributed by atoms with Gasteiger partial charge in [0.25, 0.3) is 5.91 Å². The van der Waals surface area contributed by atoms with Crippen molar-refractivity contribution < 1.29 is 28.3 Å². The molecule has 9 heteroatoms. The van der Waals surface area contributed by atoms with E-state index >= 15 is 0 Å². The summed E-state index contributed by atoms with van der Waals surface area (Å²) in [6, 6.07) is 8.62. The van der Waals surface area contributed by atoms with Gasteiger partial charge < -0.3 is 20.0 Å². The number of nitrogens with two attached hydrogens (primary N) is 1. The highest BCUT2D eigenvalue weighted by Gasteiger charge is 2.52. The monoisotopic (exact) mass is 411 g/mol. The van der Waals surface area contributed by atoms with Crippen molar-refractivity contribution in [3.05, 3.63) is 54.0 Å². The Kier molecular flexibility index (Phi) is 5.31. The van der Waals surface area contributed by atoms with Gasteiger partial charge in [0.1, 0.15) is 45.3 Å². The van der Waals surface area contributed by atoms with Crippen LogP contribution in [0.3, 0.4) is 0 Å². The highest BCUT2D eigenvalue weighted by Crippen LogP contribution is 2.34. The number of fused-ring (bicyclic) bond motifs is 1. The van der Waals surface area contributed by atoms with E-state index < -0.39 is 28.1 Å². The van der Waals surface area contributed by atoms with Gasteiger partial charge >= 0.3 is 5.91 Å². The molecule has 0 aliphatic carbocycles. The van der Waals surface area contributed by atoms with Gasteiger partial charge in [0.2, 0.25) is 0 Å². The number of primary amides is 1. The molecule has 0 bridgehead atoms. The molecular formula is C20H21N3O5Si+. The number of furan rings is 1. The lowest BCUT2D eigenvalue weighted by Crippen LogP contribution is -2.71. The molecule has 0 aliphatic rings. The number of hydrogen-bond donors (Lipinski definition) is 2. The van der Waals surface area contributed by atoms with Gasteiger partial charge in [-0.2, -0.15) is 0 Å². The van der Waals surface area contributed by atoms with Crippen molar-refractivity contribution >= 4 is 33.0 Å². The number of amides is 2. The van der Waals surface area contributed by atoms with E-state index in [1.54, 1.807) is 49.6 Å². The largest absolute Gasteiger partial charge is 0.460 e. The number of aliphatic hydroxyl groups is 1. The Morgan fingerprint density at radius 1 is 1.31 bits per heavy atom. The SMILES string of the molecule is Cc1oc2ccc(Oc3cccnc3)cc2c1C(=O)[N+](C)(C)C([Si])(CO)C(N)=O. The smallest absolute Gasteiger partial charge is 0.350 e. The van der Waals surface area contributed by atoms with Crippen LogP contribution in [0, 0.1) is 6.92 Å². The number of pyridine rings is 1. The fraction of sp³-hybridized carbons (Fsp3) is 0.250. The van der Waals surface area contributed by atoms with Crippen molar-refractivity contribution in [2.24, 2.45) is 5.73 Å². The van der Waals surface area contributed by atoms with Gasteiger partial charge in [-0.05, 0) is 37.3 Å². The lowest BCUT2D eigenvalue weighted by molar-refractivity contribution is -0.838. The van der Waals surface area contributed by atoms with Crippen LogP contribution >= 0.6 is 0 Å². The number of nitrogens with zero attached hydrogens (tertiary/aromatic N) is 2. The fourth-order valence-corrected chi connectivity index (χ4v) is 3.16. The second-order valence-corrected chi connectivity index (χ2v) is 7.95. The van der Waals surface area contributed by atoms with Gasteiger partial charge in [-0.3, -0.25) is 14.3 Å². The molecule has 149 valence electrons. The van der Waals surface area contributed by atoms with Crippen molar-refractivity contribution in [3.8, 4) is 11.5 Å². The maximum atomic E-state index is 13.5. The summed E-state index contributed by atoms with van der Waals surface area (Å²) >= 11 is 0. The topological polar surface area (TPSA) is 116 Å². The van der Waals surface area contributed by atoms with Crippen LogP contribution in [0.25, 0.3) is 11.0 Å². The second-order valence-electron chi connectivity index (χ2n) is 7.12. The number of likely N-dealkylation sites (N-methyl/N-ethyl adjacent to an activating group) is 1. The van der Waals surface area contributed by atoms with Gasteiger partial charge in [0.05, 0.1) is 20.3 Å². The average molecular weight is 411 g/mol. The summed E-state index contributed by atoms with van der Waals surface area (Å²) in [5, 5.41) is 8.59. The molecule has 1 unspecified atom stereocenters. The van der Waals surface area contributed by atoms with Gasteiger partial charge in [-0.15, -0.1) is 0 Å². The normalized spacial score (nSPS) is 13.8. The number of carbonyl (C=O) groups is 2. The molecule has 2 amide bonds. The van der Waals surface area contributed by atoms with E-state index in [0.29, 0.717) is 28.2 Å². The van der Waals surface area contributed by atoms with Gasteiger partial charge in [-0.25, -0.2) is 4.79 Å². The van der Waals surface area contributed by atoms with Gasteiger partial charge in [0.15, 0.2) is 5.16 Å². The third kappa shape index (κ3) is 3.44. The number of hydrogen-bond acceptors (Lipinski definition) is 6. The number of aliphatic hydroxyl groups excluding tert-OH is 1. The molecule has 2 aromatic heterocycles. The molecule has 3 N–H and O–H groups in total. The third-order valence-corrected chi connectivity index (χ3v) is 5.98. The van der Waals surface area contributed by atoms with Gasteiger partial charge in [-0.1, -0.05) is 0 Å². The molecule has 0 saturated heterocycles. The first kappa shape index (κ1) is 20.7. The van der Waals surface area contributed by atoms with E-state index in [2.05, 4.69) is 15.2 Å². The van der Waals surface area contributed by atoms with Crippen molar-refractivity contribution in [2.75, 3.05) is 20.7 Å². The van der Waals surface area contributed by atoms with E-state index in [0.717, 1.165) is 0 Å². The molecule has 3 radical (unpaired) electrons. The number of quaternary nitrogens is 1. The summed E-state index contributed by atoms with van der Waals surface area (Å²) in [7, 11) is 6.21. The highest BCUT2D eigenvalue weighted by molar-refractivity contribution is 6.28. The second kappa shape index (κ2) is 7.43. The minimum absolute atomic E-state index is 0.277. The van der Waals surface area contributed by atoms with Crippen LogP contribution in [0.15, 0.2) is 47.1 Å². The number of aryl methyl sites for hydroxylation is 1. The van der Waals surface area contributed by atoms with E-state index in [1.165, 1.54) is 14.1 Å². The maximum absolute atomic E-state index is 13.5. The van der Waals surface area contributed by atoms with Gasteiger partial charge in [0, 0.05) is 11.6 Å². The van der Waals surface area contributed by atoms with Crippen molar-refractivity contribution in [3.63, 3.8) is 0 Å². The van der Waals surface area contributed by atoms with Crippen LogP contribution in [-0.2, 0) is 4.79 Å². The van der Waals surface area contributed by atoms with E-state index in [-0.39, 0.29) is 5.56 Å². The molecule has 0 aliphatic heterocycles. The predicted molar refractivity (Wildman–Crippen MR) is 106 cm³/mol. The number of ether oxygens (including phenoxy) is 1. The first-order chi connectivity index (χ1) is 13.6. The summed E-state index contributed by atoms with van der Waals surface area (Å²) in [4.78, 5) is 29.4. The summed E-state index contributed by atoms with van der Waals surface area (Å²) in [5.74, 6) is 0.103. The Morgan fingerprint density at radius 2 is 2.03 bits per heavy atom. The van der Waals surface area contributed by atoms with E-state index in [9.17, 15) is 14.7 Å². The maximum Gasteiger partial charge on any atom is 0.350 e.